The number of carbonyl (C=O) groups is 1. The van der Waals surface area contributed by atoms with Crippen molar-refractivity contribution >= 4 is 17.4 Å². The van der Waals surface area contributed by atoms with Crippen LogP contribution in [0, 0.1) is 0 Å². The maximum atomic E-state index is 12.9. The molecule has 0 bridgehead atoms. The summed E-state index contributed by atoms with van der Waals surface area (Å²) in [4.78, 5) is 21.9. The zero-order chi connectivity index (χ0) is 27.4. The average Bonchev–Trinajstić information content (AvgIpc) is 2.94. The minimum absolute atomic E-state index is 0.196. The lowest BCUT2D eigenvalue weighted by molar-refractivity contribution is -0.141. The molecule has 2 aromatic heterocycles. The summed E-state index contributed by atoms with van der Waals surface area (Å²) >= 11 is 0. The first-order chi connectivity index (χ1) is 18.8. The smallest absolute Gasteiger partial charge is 0.369 e. The molecule has 0 radical (unpaired) electrons. The third kappa shape index (κ3) is 6.68. The second-order valence-electron chi connectivity index (χ2n) is 10.4. The summed E-state index contributed by atoms with van der Waals surface area (Å²) in [6.07, 6.45) is 4.94. The van der Waals surface area contributed by atoms with Crippen LogP contribution in [0.5, 0.6) is 0 Å². The largest absolute Gasteiger partial charge is 0.433 e. The van der Waals surface area contributed by atoms with Gasteiger partial charge in [-0.15, -0.1) is 0 Å². The number of aromatic nitrogens is 2. The van der Waals surface area contributed by atoms with E-state index in [0.29, 0.717) is 11.3 Å². The quantitative estimate of drug-likeness (QED) is 0.381. The van der Waals surface area contributed by atoms with Crippen molar-refractivity contribution in [1.82, 2.24) is 15.3 Å². The van der Waals surface area contributed by atoms with Gasteiger partial charge in [-0.05, 0) is 73.2 Å². The van der Waals surface area contributed by atoms with Crippen molar-refractivity contribution in [2.75, 3.05) is 23.3 Å². The Bertz CT molecular complexity index is 1280. The second-order valence-corrected chi connectivity index (χ2v) is 10.4. The lowest BCUT2D eigenvalue weighted by atomic mass is 9.89. The Morgan fingerprint density at radius 3 is 2.49 bits per heavy atom. The molecule has 10 heteroatoms. The number of nitrogens with zero attached hydrogens (tertiary/aromatic N) is 3. The number of primary amides is 1. The summed E-state index contributed by atoms with van der Waals surface area (Å²) in [6.45, 7) is 1.52. The molecule has 1 saturated carbocycles. The van der Waals surface area contributed by atoms with Crippen molar-refractivity contribution in [1.29, 1.82) is 0 Å². The molecule has 0 spiro atoms. The lowest BCUT2D eigenvalue weighted by Crippen LogP contribution is -2.55. The number of amides is 1. The highest BCUT2D eigenvalue weighted by molar-refractivity contribution is 5.94. The molecule has 3 heterocycles. The van der Waals surface area contributed by atoms with Crippen molar-refractivity contribution in [2.45, 2.75) is 62.8 Å². The molecule has 206 valence electrons. The topological polar surface area (TPSA) is 96.2 Å². The van der Waals surface area contributed by atoms with Crippen molar-refractivity contribution < 1.29 is 18.0 Å². The number of carbonyl (C=O) groups excluding carboxylic acids is 1. The predicted molar refractivity (Wildman–Crippen MR) is 145 cm³/mol. The molecule has 7 nitrogen and oxygen atoms in total. The molecule has 39 heavy (non-hydrogen) atoms. The van der Waals surface area contributed by atoms with Gasteiger partial charge < -0.3 is 21.3 Å². The van der Waals surface area contributed by atoms with E-state index in [2.05, 4.69) is 25.5 Å². The maximum absolute atomic E-state index is 12.9. The normalized spacial score (nSPS) is 21.9. The molecule has 1 aromatic carbocycles. The van der Waals surface area contributed by atoms with Gasteiger partial charge in [0.05, 0.1) is 11.9 Å². The number of pyridine rings is 2. The zero-order valence-electron chi connectivity index (χ0n) is 21.6. The molecule has 3 atom stereocenters. The Morgan fingerprint density at radius 1 is 0.949 bits per heavy atom. The van der Waals surface area contributed by atoms with Gasteiger partial charge in [0.1, 0.15) is 11.5 Å². The number of benzene rings is 1. The Kier molecular flexibility index (Phi) is 8.02. The summed E-state index contributed by atoms with van der Waals surface area (Å²) < 4.78 is 38.8. The van der Waals surface area contributed by atoms with Crippen LogP contribution >= 0.6 is 0 Å². The van der Waals surface area contributed by atoms with E-state index >= 15 is 0 Å². The van der Waals surface area contributed by atoms with Crippen molar-refractivity contribution in [3.05, 3.63) is 72.2 Å². The number of hydrogen-bond acceptors (Lipinski definition) is 6. The highest BCUT2D eigenvalue weighted by Gasteiger charge is 2.33. The fourth-order valence-corrected chi connectivity index (χ4v) is 5.63. The van der Waals surface area contributed by atoms with E-state index in [9.17, 15) is 18.0 Å². The Labute approximate surface area is 226 Å². The average molecular weight is 539 g/mol. The number of hydrogen-bond donors (Lipinski definition) is 3. The SMILES string of the molecule is NC(=O)c1cccc(-c2ccnc(N[C@@H]3CCCC[C@H]3N[C@H]3CCCN(c4ccc(C(F)(F)F)nc4)C3)c2)c1. The van der Waals surface area contributed by atoms with Crippen LogP contribution in [-0.4, -0.2) is 47.1 Å². The van der Waals surface area contributed by atoms with E-state index in [4.69, 9.17) is 5.73 Å². The number of piperidine rings is 1. The van der Waals surface area contributed by atoms with Gasteiger partial charge >= 0.3 is 6.18 Å². The van der Waals surface area contributed by atoms with E-state index in [1.165, 1.54) is 12.3 Å². The zero-order valence-corrected chi connectivity index (χ0v) is 21.6. The van der Waals surface area contributed by atoms with E-state index in [1.807, 2.05) is 24.3 Å². The molecule has 2 fully saturated rings. The van der Waals surface area contributed by atoms with Crippen LogP contribution in [0.4, 0.5) is 24.7 Å². The standard InChI is InChI=1S/C29H33F3N6O/c30-29(31,32)26-11-10-23(17-35-26)38-14-4-7-22(18-38)36-24-8-1-2-9-25(24)37-27-16-20(12-13-34-27)19-5-3-6-21(15-19)28(33)39/h3,5-6,10-13,15-17,22,24-25,36H,1-2,4,7-9,14,18H2,(H2,33,39)(H,34,37)/t22-,24+,25+/m0/s1. The third-order valence-electron chi connectivity index (χ3n) is 7.61. The number of nitrogens with two attached hydrogens (primary N) is 1. The van der Waals surface area contributed by atoms with E-state index < -0.39 is 17.8 Å². The summed E-state index contributed by atoms with van der Waals surface area (Å²) in [5, 5.41) is 7.48. The van der Waals surface area contributed by atoms with Gasteiger partial charge in [-0.1, -0.05) is 25.0 Å². The van der Waals surface area contributed by atoms with Crippen molar-refractivity contribution in [3.63, 3.8) is 0 Å². The van der Waals surface area contributed by atoms with Crippen LogP contribution in [0.1, 0.15) is 54.6 Å². The summed E-state index contributed by atoms with van der Waals surface area (Å²) in [5.41, 5.74) is 7.61. The van der Waals surface area contributed by atoms with Crippen LogP contribution in [0.25, 0.3) is 11.1 Å². The Balaban J connectivity index is 1.24. The maximum Gasteiger partial charge on any atom is 0.433 e. The highest BCUT2D eigenvalue weighted by Crippen LogP contribution is 2.30. The molecular weight excluding hydrogens is 505 g/mol. The number of nitrogens with one attached hydrogen (secondary N) is 2. The Hall–Kier alpha value is -3.66. The number of alkyl halides is 3. The number of halogens is 3. The molecule has 1 amide bonds. The van der Waals surface area contributed by atoms with Crippen LogP contribution in [0.15, 0.2) is 60.9 Å². The molecule has 4 N–H and O–H groups in total. The van der Waals surface area contributed by atoms with Crippen LogP contribution in [0.2, 0.25) is 0 Å². The van der Waals surface area contributed by atoms with Gasteiger partial charge in [0, 0.05) is 43.0 Å². The first-order valence-electron chi connectivity index (χ1n) is 13.4. The number of anilines is 2. The number of rotatable bonds is 7. The first-order valence-corrected chi connectivity index (χ1v) is 13.4. The van der Waals surface area contributed by atoms with Gasteiger partial charge in [-0.25, -0.2) is 9.97 Å². The molecular formula is C29H33F3N6O. The fourth-order valence-electron chi connectivity index (χ4n) is 5.63. The predicted octanol–water partition coefficient (Wildman–Crippen LogP) is 5.24. The molecule has 1 aliphatic carbocycles. The molecule has 5 rings (SSSR count). The minimum Gasteiger partial charge on any atom is -0.369 e. The third-order valence-corrected chi connectivity index (χ3v) is 7.61. The summed E-state index contributed by atoms with van der Waals surface area (Å²) in [6, 6.07) is 14.4. The molecule has 3 aromatic rings. The molecule has 0 unspecified atom stereocenters. The van der Waals surface area contributed by atoms with E-state index in [1.54, 1.807) is 18.3 Å². The van der Waals surface area contributed by atoms with Gasteiger partial charge in [-0.2, -0.15) is 13.2 Å². The second kappa shape index (κ2) is 11.6. The molecule has 1 aliphatic heterocycles. The lowest BCUT2D eigenvalue weighted by Gasteiger charge is -2.40. The van der Waals surface area contributed by atoms with Crippen molar-refractivity contribution in [2.24, 2.45) is 5.73 Å². The van der Waals surface area contributed by atoms with E-state index in [0.717, 1.165) is 74.6 Å². The highest BCUT2D eigenvalue weighted by atomic mass is 19.4. The van der Waals surface area contributed by atoms with Crippen LogP contribution in [0.3, 0.4) is 0 Å². The molecule has 1 saturated heterocycles. The van der Waals surface area contributed by atoms with Gasteiger partial charge in [0.2, 0.25) is 5.91 Å². The summed E-state index contributed by atoms with van der Waals surface area (Å²) in [7, 11) is 0. The summed E-state index contributed by atoms with van der Waals surface area (Å²) in [5.74, 6) is 0.313. The first kappa shape index (κ1) is 26.9. The van der Waals surface area contributed by atoms with Gasteiger partial charge in [-0.3, -0.25) is 4.79 Å². The Morgan fingerprint density at radius 2 is 1.74 bits per heavy atom. The fraction of sp³-hybridized carbons (Fsp3) is 0.414. The van der Waals surface area contributed by atoms with E-state index in [-0.39, 0.29) is 18.1 Å². The van der Waals surface area contributed by atoms with Crippen LogP contribution < -0.4 is 21.3 Å². The van der Waals surface area contributed by atoms with Crippen LogP contribution in [-0.2, 0) is 6.18 Å². The van der Waals surface area contributed by atoms with Crippen molar-refractivity contribution in [3.8, 4) is 11.1 Å². The van der Waals surface area contributed by atoms with Gasteiger partial charge in [0.25, 0.3) is 0 Å². The van der Waals surface area contributed by atoms with Gasteiger partial charge in [0.15, 0.2) is 0 Å². The minimum atomic E-state index is -4.44. The monoisotopic (exact) mass is 538 g/mol. The molecule has 2 aliphatic rings.